The van der Waals surface area contributed by atoms with E-state index in [4.69, 9.17) is 20.8 Å². The maximum absolute atomic E-state index is 12.2. The van der Waals surface area contributed by atoms with E-state index in [0.29, 0.717) is 16.4 Å². The third kappa shape index (κ3) is 2.82. The van der Waals surface area contributed by atoms with E-state index >= 15 is 0 Å². The van der Waals surface area contributed by atoms with Crippen LogP contribution in [0.15, 0.2) is 51.4 Å². The predicted molar refractivity (Wildman–Crippen MR) is 85.1 cm³/mol. The number of carbonyl (C=O) groups excluding carboxylic acids is 1. The summed E-state index contributed by atoms with van der Waals surface area (Å²) in [5.74, 6) is 0.102. The van der Waals surface area contributed by atoms with Gasteiger partial charge in [0.25, 0.3) is 0 Å². The Bertz CT molecular complexity index is 821. The lowest BCUT2D eigenvalue weighted by molar-refractivity contribution is 0.0703. The van der Waals surface area contributed by atoms with Crippen LogP contribution in [0.2, 0.25) is 5.02 Å². The van der Waals surface area contributed by atoms with Crippen molar-refractivity contribution in [2.45, 2.75) is 6.92 Å². The summed E-state index contributed by atoms with van der Waals surface area (Å²) in [6.07, 6.45) is 0. The van der Waals surface area contributed by atoms with Crippen LogP contribution in [0.3, 0.4) is 0 Å². The molecular formula is C16H10BrClO3. The highest BCUT2D eigenvalue weighted by molar-refractivity contribution is 9.10. The molecule has 1 aromatic heterocycles. The summed E-state index contributed by atoms with van der Waals surface area (Å²) in [4.78, 5) is 12.2. The van der Waals surface area contributed by atoms with Crippen molar-refractivity contribution >= 4 is 44.5 Å². The number of fused-ring (bicyclic) bond motifs is 1. The number of carbonyl (C=O) groups is 1. The van der Waals surface area contributed by atoms with Crippen molar-refractivity contribution in [1.29, 1.82) is 0 Å². The first-order valence-electron chi connectivity index (χ1n) is 6.21. The number of halogens is 2. The smallest absolute Gasteiger partial charge is 0.379 e. The summed E-state index contributed by atoms with van der Waals surface area (Å²) in [7, 11) is 0. The van der Waals surface area contributed by atoms with E-state index < -0.39 is 5.97 Å². The van der Waals surface area contributed by atoms with Crippen molar-refractivity contribution in [3.63, 3.8) is 0 Å². The van der Waals surface area contributed by atoms with Gasteiger partial charge in [-0.25, -0.2) is 4.79 Å². The molecule has 0 unspecified atom stereocenters. The molecule has 0 bridgehead atoms. The van der Waals surface area contributed by atoms with E-state index in [-0.39, 0.29) is 5.76 Å². The molecule has 0 saturated heterocycles. The summed E-state index contributed by atoms with van der Waals surface area (Å²) in [6, 6.07) is 12.2. The molecule has 3 nitrogen and oxygen atoms in total. The largest absolute Gasteiger partial charge is 0.449 e. The van der Waals surface area contributed by atoms with Crippen molar-refractivity contribution in [3.8, 4) is 5.75 Å². The molecule has 0 fully saturated rings. The van der Waals surface area contributed by atoms with Crippen LogP contribution >= 0.6 is 27.5 Å². The standard InChI is InChI=1S/C16H10BrClO3/c1-9-13-8-10(17)2-7-14(13)21-15(9)16(19)20-12-5-3-11(18)4-6-12/h2-8H,1H3. The third-order valence-corrected chi connectivity index (χ3v) is 3.85. The second-order valence-electron chi connectivity index (χ2n) is 4.54. The lowest BCUT2D eigenvalue weighted by atomic mass is 10.1. The highest BCUT2D eigenvalue weighted by Crippen LogP contribution is 2.29. The molecule has 21 heavy (non-hydrogen) atoms. The predicted octanol–water partition coefficient (Wildman–Crippen LogP) is 5.38. The fraction of sp³-hybridized carbons (Fsp3) is 0.0625. The van der Waals surface area contributed by atoms with Gasteiger partial charge >= 0.3 is 5.97 Å². The van der Waals surface area contributed by atoms with E-state index in [2.05, 4.69) is 15.9 Å². The van der Waals surface area contributed by atoms with E-state index in [0.717, 1.165) is 15.4 Å². The fourth-order valence-electron chi connectivity index (χ4n) is 2.04. The van der Waals surface area contributed by atoms with E-state index in [1.54, 1.807) is 24.3 Å². The number of ether oxygens (including phenoxy) is 1. The molecule has 0 amide bonds. The van der Waals surface area contributed by atoms with Gasteiger partial charge in [-0.1, -0.05) is 27.5 Å². The van der Waals surface area contributed by atoms with Gasteiger partial charge in [0.2, 0.25) is 5.76 Å². The minimum absolute atomic E-state index is 0.207. The third-order valence-electron chi connectivity index (χ3n) is 3.11. The van der Waals surface area contributed by atoms with E-state index in [1.165, 1.54) is 0 Å². The Balaban J connectivity index is 1.94. The molecular weight excluding hydrogens is 356 g/mol. The number of aryl methyl sites for hydroxylation is 1. The van der Waals surface area contributed by atoms with Crippen molar-refractivity contribution in [2.75, 3.05) is 0 Å². The molecule has 3 aromatic rings. The Kier molecular flexibility index (Phi) is 3.74. The molecule has 0 aliphatic heterocycles. The first-order valence-corrected chi connectivity index (χ1v) is 7.38. The Labute approximate surface area is 134 Å². The molecule has 5 heteroatoms. The van der Waals surface area contributed by atoms with Crippen molar-refractivity contribution in [2.24, 2.45) is 0 Å². The highest BCUT2D eigenvalue weighted by atomic mass is 79.9. The van der Waals surface area contributed by atoms with Crippen LogP contribution < -0.4 is 4.74 Å². The molecule has 0 atom stereocenters. The normalized spacial score (nSPS) is 10.8. The van der Waals surface area contributed by atoms with Gasteiger partial charge in [-0.3, -0.25) is 0 Å². The molecule has 0 N–H and O–H groups in total. The zero-order valence-corrected chi connectivity index (χ0v) is 13.4. The Morgan fingerprint density at radius 2 is 1.90 bits per heavy atom. The number of hydrogen-bond donors (Lipinski definition) is 0. The van der Waals surface area contributed by atoms with Crippen molar-refractivity contribution < 1.29 is 13.9 Å². The van der Waals surface area contributed by atoms with E-state index in [1.807, 2.05) is 25.1 Å². The van der Waals surface area contributed by atoms with Crippen LogP contribution in [0, 0.1) is 6.92 Å². The maximum atomic E-state index is 12.2. The van der Waals surface area contributed by atoms with Gasteiger partial charge in [0.05, 0.1) is 0 Å². The quantitative estimate of drug-likeness (QED) is 0.452. The molecule has 0 spiro atoms. The minimum Gasteiger partial charge on any atom is -0.449 e. The molecule has 1 heterocycles. The van der Waals surface area contributed by atoms with Gasteiger partial charge in [-0.2, -0.15) is 0 Å². The Morgan fingerprint density at radius 1 is 1.19 bits per heavy atom. The first kappa shape index (κ1) is 14.2. The van der Waals surface area contributed by atoms with Crippen LogP contribution in [-0.2, 0) is 0 Å². The summed E-state index contributed by atoms with van der Waals surface area (Å²) in [6.45, 7) is 1.83. The molecule has 106 valence electrons. The lowest BCUT2D eigenvalue weighted by Gasteiger charge is -2.02. The summed E-state index contributed by atoms with van der Waals surface area (Å²) in [5, 5.41) is 1.46. The molecule has 3 rings (SSSR count). The van der Waals surface area contributed by atoms with Crippen LogP contribution in [0.1, 0.15) is 16.1 Å². The summed E-state index contributed by atoms with van der Waals surface area (Å²) in [5.41, 5.74) is 1.41. The first-order chi connectivity index (χ1) is 10.0. The summed E-state index contributed by atoms with van der Waals surface area (Å²) < 4.78 is 11.8. The monoisotopic (exact) mass is 364 g/mol. The molecule has 0 aliphatic rings. The topological polar surface area (TPSA) is 39.4 Å². The Hall–Kier alpha value is -1.78. The molecule has 0 radical (unpaired) electrons. The SMILES string of the molecule is Cc1c(C(=O)Oc2ccc(Cl)cc2)oc2ccc(Br)cc12. The zero-order chi connectivity index (χ0) is 15.0. The van der Waals surface area contributed by atoms with Gasteiger partial charge in [0, 0.05) is 20.4 Å². The summed E-state index contributed by atoms with van der Waals surface area (Å²) >= 11 is 9.20. The van der Waals surface area contributed by atoms with Gasteiger partial charge < -0.3 is 9.15 Å². The molecule has 2 aromatic carbocycles. The van der Waals surface area contributed by atoms with Crippen LogP contribution in [0.5, 0.6) is 5.75 Å². The maximum Gasteiger partial charge on any atom is 0.379 e. The lowest BCUT2D eigenvalue weighted by Crippen LogP contribution is -2.08. The van der Waals surface area contributed by atoms with Gasteiger partial charge in [-0.05, 0) is 49.4 Å². The van der Waals surface area contributed by atoms with Crippen LogP contribution in [0.4, 0.5) is 0 Å². The second kappa shape index (κ2) is 5.54. The van der Waals surface area contributed by atoms with Gasteiger partial charge in [-0.15, -0.1) is 0 Å². The molecule has 0 saturated carbocycles. The van der Waals surface area contributed by atoms with Crippen molar-refractivity contribution in [3.05, 3.63) is 63.3 Å². The number of furan rings is 1. The number of benzene rings is 2. The molecule has 0 aliphatic carbocycles. The number of esters is 1. The van der Waals surface area contributed by atoms with Crippen molar-refractivity contribution in [1.82, 2.24) is 0 Å². The average molecular weight is 366 g/mol. The average Bonchev–Trinajstić information content (AvgIpc) is 2.79. The number of rotatable bonds is 2. The minimum atomic E-state index is -0.526. The van der Waals surface area contributed by atoms with Crippen LogP contribution in [0.25, 0.3) is 11.0 Å². The highest BCUT2D eigenvalue weighted by Gasteiger charge is 2.19. The van der Waals surface area contributed by atoms with Gasteiger partial charge in [0.15, 0.2) is 0 Å². The second-order valence-corrected chi connectivity index (χ2v) is 5.89. The zero-order valence-electron chi connectivity index (χ0n) is 11.0. The number of hydrogen-bond acceptors (Lipinski definition) is 3. The van der Waals surface area contributed by atoms with Crippen LogP contribution in [-0.4, -0.2) is 5.97 Å². The van der Waals surface area contributed by atoms with E-state index in [9.17, 15) is 4.79 Å². The van der Waals surface area contributed by atoms with Gasteiger partial charge in [0.1, 0.15) is 11.3 Å². The Morgan fingerprint density at radius 3 is 2.62 bits per heavy atom. The fourth-order valence-corrected chi connectivity index (χ4v) is 2.53.